The van der Waals surface area contributed by atoms with Crippen molar-refractivity contribution in [3.63, 3.8) is 0 Å². The van der Waals surface area contributed by atoms with Gasteiger partial charge in [0, 0.05) is 17.1 Å². The first-order valence-corrected chi connectivity index (χ1v) is 11.4. The fraction of sp³-hybridized carbons (Fsp3) is 0.467. The molecule has 1 fully saturated rings. The quantitative estimate of drug-likeness (QED) is 0.650. The topological polar surface area (TPSA) is 71.5 Å². The van der Waals surface area contributed by atoms with Crippen LogP contribution in [-0.2, 0) is 19.7 Å². The molecule has 1 unspecified atom stereocenters. The van der Waals surface area contributed by atoms with Crippen molar-refractivity contribution in [3.05, 3.63) is 28.7 Å². The van der Waals surface area contributed by atoms with Gasteiger partial charge in [-0.1, -0.05) is 21.9 Å². The third-order valence-electron chi connectivity index (χ3n) is 3.84. The predicted octanol–water partition coefficient (Wildman–Crippen LogP) is 1.35. The van der Waals surface area contributed by atoms with Crippen molar-refractivity contribution in [1.82, 2.24) is 4.90 Å². The monoisotopic (exact) mass is 419 g/mol. The first-order valence-electron chi connectivity index (χ1n) is 7.10. The Morgan fingerprint density at radius 2 is 1.96 bits per heavy atom. The maximum Gasteiger partial charge on any atom is 0.179 e. The molecular formula is C15H18BrNO4S2. The van der Waals surface area contributed by atoms with Crippen molar-refractivity contribution >= 4 is 35.6 Å². The van der Waals surface area contributed by atoms with Crippen LogP contribution in [0.2, 0.25) is 0 Å². The van der Waals surface area contributed by atoms with Gasteiger partial charge < -0.3 is 0 Å². The lowest BCUT2D eigenvalue weighted by molar-refractivity contribution is 0.253. The van der Waals surface area contributed by atoms with E-state index in [1.54, 1.807) is 29.2 Å². The lowest BCUT2D eigenvalue weighted by atomic mass is 10.2. The molecule has 1 aromatic rings. The van der Waals surface area contributed by atoms with E-state index in [0.717, 1.165) is 4.47 Å². The van der Waals surface area contributed by atoms with E-state index in [1.165, 1.54) is 0 Å². The van der Waals surface area contributed by atoms with Gasteiger partial charge in [-0.2, -0.15) is 0 Å². The van der Waals surface area contributed by atoms with Crippen LogP contribution in [0.25, 0.3) is 0 Å². The van der Waals surface area contributed by atoms with E-state index < -0.39 is 19.7 Å². The van der Waals surface area contributed by atoms with E-state index in [0.29, 0.717) is 6.42 Å². The number of nitrogens with zero attached hydrogens (tertiary/aromatic N) is 1. The Morgan fingerprint density at radius 3 is 2.48 bits per heavy atom. The van der Waals surface area contributed by atoms with Gasteiger partial charge in [0.05, 0.1) is 28.7 Å². The molecule has 1 heterocycles. The average molecular weight is 420 g/mol. The lowest BCUT2D eigenvalue weighted by Gasteiger charge is -2.25. The highest BCUT2D eigenvalue weighted by Gasteiger charge is 2.32. The van der Waals surface area contributed by atoms with E-state index in [4.69, 9.17) is 6.42 Å². The van der Waals surface area contributed by atoms with E-state index >= 15 is 0 Å². The minimum Gasteiger partial charge on any atom is -0.287 e. The largest absolute Gasteiger partial charge is 0.287 e. The molecule has 1 atom stereocenters. The highest BCUT2D eigenvalue weighted by molar-refractivity contribution is 9.10. The van der Waals surface area contributed by atoms with Crippen LogP contribution in [0.5, 0.6) is 0 Å². The summed E-state index contributed by atoms with van der Waals surface area (Å²) >= 11 is 3.27. The number of terminal acetylenes is 1. The summed E-state index contributed by atoms with van der Waals surface area (Å²) in [5.74, 6) is 2.58. The minimum atomic E-state index is -3.43. The van der Waals surface area contributed by atoms with Crippen molar-refractivity contribution in [2.45, 2.75) is 17.4 Å². The molecule has 0 aromatic heterocycles. The van der Waals surface area contributed by atoms with Crippen molar-refractivity contribution in [1.29, 1.82) is 0 Å². The first-order chi connectivity index (χ1) is 10.7. The smallest absolute Gasteiger partial charge is 0.179 e. The first kappa shape index (κ1) is 18.5. The van der Waals surface area contributed by atoms with Gasteiger partial charge in [-0.15, -0.1) is 6.42 Å². The van der Waals surface area contributed by atoms with Crippen LogP contribution < -0.4 is 0 Å². The molecule has 0 spiro atoms. The summed E-state index contributed by atoms with van der Waals surface area (Å²) in [6, 6.07) is 6.25. The molecule has 0 aliphatic carbocycles. The van der Waals surface area contributed by atoms with Gasteiger partial charge in [0.15, 0.2) is 19.7 Å². The summed E-state index contributed by atoms with van der Waals surface area (Å²) in [7, 11) is -6.46. The summed E-state index contributed by atoms with van der Waals surface area (Å²) < 4.78 is 48.8. The number of hydrogen-bond donors (Lipinski definition) is 0. The Balaban J connectivity index is 2.06. The summed E-state index contributed by atoms with van der Waals surface area (Å²) in [5, 5.41) is 0. The van der Waals surface area contributed by atoms with Crippen LogP contribution >= 0.6 is 15.9 Å². The van der Waals surface area contributed by atoms with Crippen LogP contribution in [0, 0.1) is 12.3 Å². The molecule has 8 heteroatoms. The summed E-state index contributed by atoms with van der Waals surface area (Å²) in [5.41, 5.74) is 0. The van der Waals surface area contributed by atoms with Crippen molar-refractivity contribution < 1.29 is 16.8 Å². The zero-order chi connectivity index (χ0) is 17.1. The van der Waals surface area contributed by atoms with Gasteiger partial charge in [0.1, 0.15) is 0 Å². The van der Waals surface area contributed by atoms with Crippen LogP contribution in [-0.4, -0.2) is 58.1 Å². The molecule has 0 bridgehead atoms. The highest BCUT2D eigenvalue weighted by Crippen LogP contribution is 2.19. The molecule has 0 saturated carbocycles. The number of rotatable bonds is 6. The predicted molar refractivity (Wildman–Crippen MR) is 93.7 cm³/mol. The van der Waals surface area contributed by atoms with Gasteiger partial charge in [-0.05, 0) is 30.7 Å². The summed E-state index contributed by atoms with van der Waals surface area (Å²) in [6.45, 7) is 0.471. The second-order valence-electron chi connectivity index (χ2n) is 5.50. The van der Waals surface area contributed by atoms with Crippen LogP contribution in [0.4, 0.5) is 0 Å². The Morgan fingerprint density at radius 1 is 1.30 bits per heavy atom. The molecule has 0 amide bonds. The van der Waals surface area contributed by atoms with Gasteiger partial charge in [0.25, 0.3) is 0 Å². The maximum absolute atomic E-state index is 12.4. The van der Waals surface area contributed by atoms with Crippen molar-refractivity contribution in [2.24, 2.45) is 0 Å². The van der Waals surface area contributed by atoms with Crippen molar-refractivity contribution in [3.8, 4) is 12.3 Å². The molecule has 2 rings (SSSR count). The normalized spacial score (nSPS) is 20.5. The van der Waals surface area contributed by atoms with Crippen molar-refractivity contribution in [2.75, 3.05) is 30.3 Å². The molecule has 0 N–H and O–H groups in total. The van der Waals surface area contributed by atoms with Gasteiger partial charge in [-0.3, -0.25) is 4.90 Å². The Bertz CT molecular complexity index is 795. The van der Waals surface area contributed by atoms with E-state index in [-0.39, 0.29) is 41.3 Å². The van der Waals surface area contributed by atoms with Crippen LogP contribution in [0.3, 0.4) is 0 Å². The van der Waals surface area contributed by atoms with Crippen LogP contribution in [0.15, 0.2) is 33.6 Å². The molecule has 1 aromatic carbocycles. The minimum absolute atomic E-state index is 0.0486. The maximum atomic E-state index is 12.4. The fourth-order valence-corrected chi connectivity index (χ4v) is 5.86. The SMILES string of the molecule is C#CCN(CCS(=O)(=O)c1ccc(Br)cc1)C1CCS(=O)(=O)C1. The number of hydrogen-bond acceptors (Lipinski definition) is 5. The molecule has 23 heavy (non-hydrogen) atoms. The van der Waals surface area contributed by atoms with E-state index in [1.807, 2.05) is 0 Å². The summed E-state index contributed by atoms with van der Waals surface area (Å²) in [6.07, 6.45) is 5.84. The summed E-state index contributed by atoms with van der Waals surface area (Å²) in [4.78, 5) is 2.03. The molecule has 1 saturated heterocycles. The highest BCUT2D eigenvalue weighted by atomic mass is 79.9. The van der Waals surface area contributed by atoms with E-state index in [9.17, 15) is 16.8 Å². The number of sulfone groups is 2. The lowest BCUT2D eigenvalue weighted by Crippen LogP contribution is -2.39. The molecule has 126 valence electrons. The zero-order valence-corrected chi connectivity index (χ0v) is 15.7. The number of halogens is 1. The van der Waals surface area contributed by atoms with Gasteiger partial charge in [0.2, 0.25) is 0 Å². The fourth-order valence-electron chi connectivity index (χ4n) is 2.57. The van der Waals surface area contributed by atoms with Gasteiger partial charge >= 0.3 is 0 Å². The standard InChI is InChI=1S/C15H18BrNO4S2/c1-2-8-17(14-7-10-22(18,19)12-14)9-11-23(20,21)15-5-3-13(16)4-6-15/h1,3-6,14H,7-12H2. The molecule has 1 aliphatic heterocycles. The second kappa shape index (κ2) is 7.34. The molecule has 0 radical (unpaired) electrons. The molecular weight excluding hydrogens is 402 g/mol. The average Bonchev–Trinajstić information content (AvgIpc) is 2.84. The Labute approximate surface area is 146 Å². The Hall–Kier alpha value is -0.880. The Kier molecular flexibility index (Phi) is 5.89. The zero-order valence-electron chi connectivity index (χ0n) is 12.5. The molecule has 1 aliphatic rings. The van der Waals surface area contributed by atoms with E-state index in [2.05, 4.69) is 21.9 Å². The third kappa shape index (κ3) is 5.05. The third-order valence-corrected chi connectivity index (χ3v) is 7.83. The molecule has 5 nitrogen and oxygen atoms in total. The second-order valence-corrected chi connectivity index (χ2v) is 10.8. The van der Waals surface area contributed by atoms with Crippen LogP contribution in [0.1, 0.15) is 6.42 Å². The van der Waals surface area contributed by atoms with Gasteiger partial charge in [-0.25, -0.2) is 16.8 Å². The number of benzene rings is 1.